The number of hydrogen-bond acceptors (Lipinski definition) is 2. The first-order valence-corrected chi connectivity index (χ1v) is 7.39. The molecule has 1 unspecified atom stereocenters. The molecule has 0 bridgehead atoms. The molecule has 2 rings (SSSR count). The Morgan fingerprint density at radius 1 is 1.17 bits per heavy atom. The molecule has 1 aromatic carbocycles. The van der Waals surface area contributed by atoms with E-state index in [1.54, 1.807) is 0 Å². The molecule has 1 heterocycles. The van der Waals surface area contributed by atoms with Crippen molar-refractivity contribution in [2.24, 2.45) is 0 Å². The summed E-state index contributed by atoms with van der Waals surface area (Å²) in [5.41, 5.74) is 2.76. The third-order valence-corrected chi connectivity index (χ3v) is 4.29. The van der Waals surface area contributed by atoms with E-state index in [9.17, 15) is 0 Å². The van der Waals surface area contributed by atoms with E-state index < -0.39 is 0 Å². The van der Waals surface area contributed by atoms with Crippen molar-refractivity contribution in [1.29, 1.82) is 0 Å². The number of thiophene rings is 1. The maximum Gasteiger partial charge on any atom is 0.0673 e. The molecule has 0 fully saturated rings. The molecule has 1 nitrogen and oxygen atoms in total. The van der Waals surface area contributed by atoms with E-state index >= 15 is 0 Å². The number of nitrogens with one attached hydrogen (secondary N) is 1. The van der Waals surface area contributed by atoms with Gasteiger partial charge in [0.2, 0.25) is 0 Å². The second-order valence-corrected chi connectivity index (χ2v) is 5.99. The molecule has 0 radical (unpaired) electrons. The lowest BCUT2D eigenvalue weighted by Gasteiger charge is -2.18. The summed E-state index contributed by atoms with van der Waals surface area (Å²) in [6.07, 6.45) is 1.16. The molecule has 0 saturated heterocycles. The van der Waals surface area contributed by atoms with Crippen LogP contribution in [0.2, 0.25) is 0 Å². The zero-order chi connectivity index (χ0) is 13.0. The number of benzene rings is 1. The van der Waals surface area contributed by atoms with E-state index in [1.165, 1.54) is 20.9 Å². The fraction of sp³-hybridized carbons (Fsp3) is 0.375. The summed E-state index contributed by atoms with van der Waals surface area (Å²) >= 11 is 1.91. The van der Waals surface area contributed by atoms with E-state index in [-0.39, 0.29) is 0 Å². The van der Waals surface area contributed by atoms with Crippen molar-refractivity contribution < 1.29 is 0 Å². The second kappa shape index (κ2) is 6.17. The highest BCUT2D eigenvalue weighted by Crippen LogP contribution is 2.31. The summed E-state index contributed by atoms with van der Waals surface area (Å²) in [6, 6.07) is 13.3. The van der Waals surface area contributed by atoms with Crippen molar-refractivity contribution in [3.8, 4) is 0 Å². The highest BCUT2D eigenvalue weighted by Gasteiger charge is 2.17. The van der Waals surface area contributed by atoms with Gasteiger partial charge in [0.05, 0.1) is 6.04 Å². The third-order valence-electron chi connectivity index (χ3n) is 3.07. The molecule has 0 aliphatic carbocycles. The Bertz CT molecular complexity index is 487. The molecule has 2 heteroatoms. The van der Waals surface area contributed by atoms with Crippen LogP contribution in [0.15, 0.2) is 36.4 Å². The van der Waals surface area contributed by atoms with E-state index in [0.29, 0.717) is 6.04 Å². The molecule has 0 aliphatic heterocycles. The lowest BCUT2D eigenvalue weighted by molar-refractivity contribution is 0.604. The molecule has 1 atom stereocenters. The van der Waals surface area contributed by atoms with Crippen LogP contribution < -0.4 is 5.32 Å². The van der Waals surface area contributed by atoms with Gasteiger partial charge in [0.1, 0.15) is 0 Å². The van der Waals surface area contributed by atoms with Crippen molar-refractivity contribution in [2.45, 2.75) is 33.2 Å². The minimum Gasteiger partial charge on any atom is -0.306 e. The minimum absolute atomic E-state index is 0.338. The van der Waals surface area contributed by atoms with Gasteiger partial charge in [-0.15, -0.1) is 11.3 Å². The highest BCUT2D eigenvalue weighted by atomic mass is 32.1. The van der Waals surface area contributed by atoms with Gasteiger partial charge in [-0.25, -0.2) is 0 Å². The summed E-state index contributed by atoms with van der Waals surface area (Å²) in [5, 5.41) is 3.67. The Morgan fingerprint density at radius 2 is 1.89 bits per heavy atom. The minimum atomic E-state index is 0.338. The molecule has 0 saturated carbocycles. The van der Waals surface area contributed by atoms with Gasteiger partial charge in [0, 0.05) is 9.75 Å². The molecular weight excluding hydrogens is 238 g/mol. The van der Waals surface area contributed by atoms with E-state index in [1.807, 2.05) is 11.3 Å². The molecule has 1 N–H and O–H groups in total. The standard InChI is InChI=1S/C16H21NS/c1-4-10-17-15(14-8-6-5-7-9-14)16-12(2)11-13(3)18-16/h5-9,11,15,17H,4,10H2,1-3H3. The SMILES string of the molecule is CCCNC(c1ccccc1)c1sc(C)cc1C. The maximum atomic E-state index is 3.67. The summed E-state index contributed by atoms with van der Waals surface area (Å²) in [7, 11) is 0. The Kier molecular flexibility index (Phi) is 4.56. The molecule has 1 aromatic heterocycles. The molecule has 96 valence electrons. The topological polar surface area (TPSA) is 12.0 Å². The Hall–Kier alpha value is -1.12. The zero-order valence-electron chi connectivity index (χ0n) is 11.4. The third kappa shape index (κ3) is 3.01. The quantitative estimate of drug-likeness (QED) is 0.836. The first-order chi connectivity index (χ1) is 8.72. The molecule has 2 aromatic rings. The van der Waals surface area contributed by atoms with Crippen LogP contribution in [0.4, 0.5) is 0 Å². The molecule has 0 aliphatic rings. The van der Waals surface area contributed by atoms with Crippen molar-refractivity contribution in [1.82, 2.24) is 5.32 Å². The van der Waals surface area contributed by atoms with Crippen LogP contribution in [-0.4, -0.2) is 6.54 Å². The van der Waals surface area contributed by atoms with Crippen LogP contribution in [0, 0.1) is 13.8 Å². The van der Waals surface area contributed by atoms with Gasteiger partial charge < -0.3 is 5.32 Å². The van der Waals surface area contributed by atoms with Crippen LogP contribution >= 0.6 is 11.3 Å². The molecule has 18 heavy (non-hydrogen) atoms. The van der Waals surface area contributed by atoms with Gasteiger partial charge in [-0.05, 0) is 44.0 Å². The normalized spacial score (nSPS) is 12.6. The maximum absolute atomic E-state index is 3.67. The van der Waals surface area contributed by atoms with Crippen molar-refractivity contribution in [3.05, 3.63) is 57.3 Å². The number of hydrogen-bond donors (Lipinski definition) is 1. The van der Waals surface area contributed by atoms with E-state index in [0.717, 1.165) is 13.0 Å². The van der Waals surface area contributed by atoms with Gasteiger partial charge in [0.15, 0.2) is 0 Å². The van der Waals surface area contributed by atoms with Crippen LogP contribution in [0.25, 0.3) is 0 Å². The molecule has 0 spiro atoms. The van der Waals surface area contributed by atoms with Crippen molar-refractivity contribution in [2.75, 3.05) is 6.54 Å². The summed E-state index contributed by atoms with van der Waals surface area (Å²) in [4.78, 5) is 2.84. The van der Waals surface area contributed by atoms with Crippen LogP contribution in [-0.2, 0) is 0 Å². The van der Waals surface area contributed by atoms with Gasteiger partial charge in [-0.2, -0.15) is 0 Å². The summed E-state index contributed by atoms with van der Waals surface area (Å²) in [6.45, 7) is 7.66. The average molecular weight is 259 g/mol. The van der Waals surface area contributed by atoms with Gasteiger partial charge in [-0.1, -0.05) is 37.3 Å². The fourth-order valence-corrected chi connectivity index (χ4v) is 3.38. The Morgan fingerprint density at radius 3 is 2.44 bits per heavy atom. The van der Waals surface area contributed by atoms with Gasteiger partial charge in [-0.3, -0.25) is 0 Å². The van der Waals surface area contributed by atoms with E-state index in [4.69, 9.17) is 0 Å². The zero-order valence-corrected chi connectivity index (χ0v) is 12.2. The van der Waals surface area contributed by atoms with Crippen molar-refractivity contribution in [3.63, 3.8) is 0 Å². The monoisotopic (exact) mass is 259 g/mol. The number of aryl methyl sites for hydroxylation is 2. The lowest BCUT2D eigenvalue weighted by atomic mass is 10.0. The predicted molar refractivity (Wildman–Crippen MR) is 80.4 cm³/mol. The molecular formula is C16H21NS. The second-order valence-electron chi connectivity index (χ2n) is 4.70. The van der Waals surface area contributed by atoms with Crippen LogP contribution in [0.5, 0.6) is 0 Å². The first-order valence-electron chi connectivity index (χ1n) is 6.57. The molecule has 0 amide bonds. The van der Waals surface area contributed by atoms with Crippen LogP contribution in [0.1, 0.15) is 40.3 Å². The van der Waals surface area contributed by atoms with Crippen LogP contribution in [0.3, 0.4) is 0 Å². The van der Waals surface area contributed by atoms with Crippen molar-refractivity contribution >= 4 is 11.3 Å². The smallest absolute Gasteiger partial charge is 0.0673 e. The largest absolute Gasteiger partial charge is 0.306 e. The summed E-state index contributed by atoms with van der Waals surface area (Å²) in [5.74, 6) is 0. The Labute approximate surface area is 114 Å². The van der Waals surface area contributed by atoms with Gasteiger partial charge in [0.25, 0.3) is 0 Å². The van der Waals surface area contributed by atoms with Gasteiger partial charge >= 0.3 is 0 Å². The number of rotatable bonds is 5. The average Bonchev–Trinajstić information content (AvgIpc) is 2.70. The predicted octanol–water partition coefficient (Wildman–Crippen LogP) is 4.45. The highest BCUT2D eigenvalue weighted by molar-refractivity contribution is 7.12. The summed E-state index contributed by atoms with van der Waals surface area (Å²) < 4.78 is 0. The fourth-order valence-electron chi connectivity index (χ4n) is 2.24. The Balaban J connectivity index is 2.34. The lowest BCUT2D eigenvalue weighted by Crippen LogP contribution is -2.22. The van der Waals surface area contributed by atoms with E-state index in [2.05, 4.69) is 62.5 Å². The first kappa shape index (κ1) is 13.3.